The van der Waals surface area contributed by atoms with Gasteiger partial charge in [0.25, 0.3) is 0 Å². The standard InChI is InChI=1S/C22H26N2O3/c1-16-13-23(15-19-8-10-20(11-9-19)22(26)27)14-17(2)24(16)21(25)12-18-6-4-3-5-7-18/h3-11,16-17H,12-15H2,1-2H3,(H,26,27)/t16-,17+. The third kappa shape index (κ3) is 4.74. The first-order valence-electron chi connectivity index (χ1n) is 9.33. The number of nitrogens with zero attached hydrogens (tertiary/aromatic N) is 2. The Kier molecular flexibility index (Phi) is 5.91. The zero-order valence-electron chi connectivity index (χ0n) is 15.8. The molecule has 0 bridgehead atoms. The molecular weight excluding hydrogens is 340 g/mol. The molecule has 1 fully saturated rings. The molecule has 0 radical (unpaired) electrons. The number of carbonyl (C=O) groups excluding carboxylic acids is 1. The van der Waals surface area contributed by atoms with Gasteiger partial charge in [0, 0.05) is 31.7 Å². The molecule has 0 aromatic heterocycles. The van der Waals surface area contributed by atoms with Gasteiger partial charge in [-0.2, -0.15) is 0 Å². The maximum atomic E-state index is 12.8. The van der Waals surface area contributed by atoms with Crippen molar-refractivity contribution in [1.82, 2.24) is 9.80 Å². The number of rotatable bonds is 5. The van der Waals surface area contributed by atoms with Crippen LogP contribution < -0.4 is 0 Å². The number of carboxylic acid groups (broad SMARTS) is 1. The number of amides is 1. The predicted molar refractivity (Wildman–Crippen MR) is 105 cm³/mol. The average molecular weight is 366 g/mol. The highest BCUT2D eigenvalue weighted by Crippen LogP contribution is 2.20. The highest BCUT2D eigenvalue weighted by atomic mass is 16.4. The van der Waals surface area contributed by atoms with Crippen molar-refractivity contribution in [3.05, 3.63) is 71.3 Å². The van der Waals surface area contributed by atoms with Crippen molar-refractivity contribution in [2.45, 2.75) is 38.9 Å². The summed E-state index contributed by atoms with van der Waals surface area (Å²) in [5.41, 5.74) is 2.43. The van der Waals surface area contributed by atoms with Crippen LogP contribution in [0.4, 0.5) is 0 Å². The molecule has 0 aliphatic carbocycles. The van der Waals surface area contributed by atoms with E-state index >= 15 is 0 Å². The fourth-order valence-corrected chi connectivity index (χ4v) is 3.93. The molecule has 1 N–H and O–H groups in total. The molecule has 27 heavy (non-hydrogen) atoms. The van der Waals surface area contributed by atoms with Crippen molar-refractivity contribution >= 4 is 11.9 Å². The van der Waals surface area contributed by atoms with E-state index in [0.29, 0.717) is 12.0 Å². The number of aromatic carboxylic acids is 1. The smallest absolute Gasteiger partial charge is 0.335 e. The lowest BCUT2D eigenvalue weighted by Gasteiger charge is -2.44. The summed E-state index contributed by atoms with van der Waals surface area (Å²) in [5.74, 6) is -0.735. The fourth-order valence-electron chi connectivity index (χ4n) is 3.93. The summed E-state index contributed by atoms with van der Waals surface area (Å²) in [6.45, 7) is 6.57. The summed E-state index contributed by atoms with van der Waals surface area (Å²) in [6.07, 6.45) is 0.437. The van der Waals surface area contributed by atoms with Crippen molar-refractivity contribution in [3.63, 3.8) is 0 Å². The number of benzene rings is 2. The monoisotopic (exact) mass is 366 g/mol. The number of hydrogen-bond acceptors (Lipinski definition) is 3. The molecule has 2 aromatic carbocycles. The molecule has 1 saturated heterocycles. The van der Waals surface area contributed by atoms with Crippen molar-refractivity contribution in [2.75, 3.05) is 13.1 Å². The highest BCUT2D eigenvalue weighted by Gasteiger charge is 2.32. The van der Waals surface area contributed by atoms with Gasteiger partial charge >= 0.3 is 5.97 Å². The van der Waals surface area contributed by atoms with Crippen LogP contribution in [0, 0.1) is 0 Å². The van der Waals surface area contributed by atoms with Crippen molar-refractivity contribution in [3.8, 4) is 0 Å². The van der Waals surface area contributed by atoms with E-state index < -0.39 is 5.97 Å². The molecule has 1 heterocycles. The Morgan fingerprint density at radius 2 is 1.52 bits per heavy atom. The van der Waals surface area contributed by atoms with Gasteiger partial charge in [-0.25, -0.2) is 4.79 Å². The van der Waals surface area contributed by atoms with Crippen molar-refractivity contribution in [2.24, 2.45) is 0 Å². The van der Waals surface area contributed by atoms with Gasteiger partial charge in [-0.15, -0.1) is 0 Å². The van der Waals surface area contributed by atoms with Gasteiger partial charge in [0.15, 0.2) is 0 Å². The van der Waals surface area contributed by atoms with Crippen LogP contribution in [-0.2, 0) is 17.8 Å². The Morgan fingerprint density at radius 3 is 2.07 bits per heavy atom. The Balaban J connectivity index is 1.60. The lowest BCUT2D eigenvalue weighted by Crippen LogP contribution is -2.58. The van der Waals surface area contributed by atoms with E-state index in [1.54, 1.807) is 12.1 Å². The van der Waals surface area contributed by atoms with E-state index in [9.17, 15) is 9.59 Å². The number of hydrogen-bond donors (Lipinski definition) is 1. The van der Waals surface area contributed by atoms with Crippen molar-refractivity contribution in [1.29, 1.82) is 0 Å². The summed E-state index contributed by atoms with van der Waals surface area (Å²) in [4.78, 5) is 28.1. The van der Waals surface area contributed by atoms with Gasteiger partial charge < -0.3 is 10.0 Å². The Labute approximate surface area is 160 Å². The van der Waals surface area contributed by atoms with E-state index in [1.165, 1.54) is 0 Å². The predicted octanol–water partition coefficient (Wildman–Crippen LogP) is 3.05. The maximum Gasteiger partial charge on any atom is 0.335 e. The Morgan fingerprint density at radius 1 is 0.926 bits per heavy atom. The first kappa shape index (κ1) is 19.1. The Hall–Kier alpha value is -2.66. The molecule has 0 unspecified atom stereocenters. The second-order valence-electron chi connectivity index (χ2n) is 7.36. The van der Waals surface area contributed by atoms with Crippen LogP contribution >= 0.6 is 0 Å². The largest absolute Gasteiger partial charge is 0.478 e. The van der Waals surface area contributed by atoms with Crippen molar-refractivity contribution < 1.29 is 14.7 Å². The second kappa shape index (κ2) is 8.35. The molecule has 5 heteroatoms. The van der Waals surface area contributed by atoms with E-state index in [1.807, 2.05) is 47.4 Å². The summed E-state index contributed by atoms with van der Waals surface area (Å²) >= 11 is 0. The van der Waals surface area contributed by atoms with Crippen LogP contribution in [0.3, 0.4) is 0 Å². The molecule has 3 rings (SSSR count). The third-order valence-electron chi connectivity index (χ3n) is 5.09. The minimum atomic E-state index is -0.908. The zero-order chi connectivity index (χ0) is 19.4. The molecule has 1 amide bonds. The van der Waals surface area contributed by atoms with Crippen LogP contribution in [0.15, 0.2) is 54.6 Å². The minimum Gasteiger partial charge on any atom is -0.478 e. The first-order valence-corrected chi connectivity index (χ1v) is 9.33. The zero-order valence-corrected chi connectivity index (χ0v) is 15.8. The summed E-state index contributed by atoms with van der Waals surface area (Å²) in [7, 11) is 0. The lowest BCUT2D eigenvalue weighted by molar-refractivity contribution is -0.138. The van der Waals surface area contributed by atoms with E-state index in [4.69, 9.17) is 5.11 Å². The van der Waals surface area contributed by atoms with Gasteiger partial charge in [-0.05, 0) is 37.1 Å². The summed E-state index contributed by atoms with van der Waals surface area (Å²) in [6, 6.07) is 17.2. The molecule has 0 saturated carbocycles. The molecular formula is C22H26N2O3. The lowest BCUT2D eigenvalue weighted by atomic mass is 10.0. The Bertz CT molecular complexity index is 777. The molecule has 2 atom stereocenters. The van der Waals surface area contributed by atoms with Gasteiger partial charge in [-0.1, -0.05) is 42.5 Å². The number of piperazine rings is 1. The number of carbonyl (C=O) groups is 2. The number of carboxylic acids is 1. The molecule has 5 nitrogen and oxygen atoms in total. The van der Waals surface area contributed by atoms with Crippen LogP contribution in [0.2, 0.25) is 0 Å². The molecule has 1 aliphatic rings. The topological polar surface area (TPSA) is 60.9 Å². The van der Waals surface area contributed by atoms with Gasteiger partial charge in [0.2, 0.25) is 5.91 Å². The van der Waals surface area contributed by atoms with E-state index in [0.717, 1.165) is 30.8 Å². The van der Waals surface area contributed by atoms with Gasteiger partial charge in [0.05, 0.1) is 12.0 Å². The molecule has 142 valence electrons. The van der Waals surface area contributed by atoms with Gasteiger partial charge in [0.1, 0.15) is 0 Å². The molecule has 0 spiro atoms. The first-order chi connectivity index (χ1) is 12.9. The molecule has 2 aromatic rings. The van der Waals surface area contributed by atoms with Gasteiger partial charge in [-0.3, -0.25) is 9.69 Å². The van der Waals surface area contributed by atoms with Crippen LogP contribution in [0.5, 0.6) is 0 Å². The van der Waals surface area contributed by atoms with Crippen LogP contribution in [0.1, 0.15) is 35.3 Å². The second-order valence-corrected chi connectivity index (χ2v) is 7.36. The highest BCUT2D eigenvalue weighted by molar-refractivity contribution is 5.87. The SMILES string of the molecule is C[C@@H]1CN(Cc2ccc(C(=O)O)cc2)C[C@H](C)N1C(=O)Cc1ccccc1. The van der Waals surface area contributed by atoms with Crippen LogP contribution in [0.25, 0.3) is 0 Å². The summed E-state index contributed by atoms with van der Waals surface area (Å²) < 4.78 is 0. The maximum absolute atomic E-state index is 12.8. The molecule has 1 aliphatic heterocycles. The summed E-state index contributed by atoms with van der Waals surface area (Å²) in [5, 5.41) is 9.01. The average Bonchev–Trinajstić information content (AvgIpc) is 2.62. The fraction of sp³-hybridized carbons (Fsp3) is 0.364. The quantitative estimate of drug-likeness (QED) is 0.884. The van der Waals surface area contributed by atoms with E-state index in [2.05, 4.69) is 18.7 Å². The van der Waals surface area contributed by atoms with E-state index in [-0.39, 0.29) is 18.0 Å². The minimum absolute atomic E-state index is 0.142. The normalized spacial score (nSPS) is 20.4. The van der Waals surface area contributed by atoms with Crippen LogP contribution in [-0.4, -0.2) is 52.0 Å². The third-order valence-corrected chi connectivity index (χ3v) is 5.09.